The van der Waals surface area contributed by atoms with Crippen molar-refractivity contribution in [2.24, 2.45) is 5.92 Å². The molecule has 8 heteroatoms. The van der Waals surface area contributed by atoms with E-state index in [9.17, 15) is 9.59 Å². The van der Waals surface area contributed by atoms with Crippen LogP contribution in [0.5, 0.6) is 5.88 Å². The number of piperazine rings is 1. The van der Waals surface area contributed by atoms with Gasteiger partial charge in [-0.3, -0.25) is 9.69 Å². The van der Waals surface area contributed by atoms with Crippen molar-refractivity contribution in [1.29, 1.82) is 0 Å². The third-order valence-corrected chi connectivity index (χ3v) is 5.76. The Kier molecular flexibility index (Phi) is 6.85. The number of aromatic nitrogens is 1. The molecular formula is C20H31N5O3. The minimum absolute atomic E-state index is 0.149. The van der Waals surface area contributed by atoms with Crippen LogP contribution in [0.3, 0.4) is 0 Å². The smallest absolute Gasteiger partial charge is 0.391 e. The van der Waals surface area contributed by atoms with Crippen molar-refractivity contribution in [2.45, 2.75) is 38.8 Å². The van der Waals surface area contributed by atoms with E-state index < -0.39 is 0 Å². The van der Waals surface area contributed by atoms with E-state index in [1.165, 1.54) is 6.20 Å². The fraction of sp³-hybridized carbons (Fsp3) is 0.650. The zero-order chi connectivity index (χ0) is 20.1. The average molecular weight is 390 g/mol. The Labute approximate surface area is 166 Å². The van der Waals surface area contributed by atoms with Crippen LogP contribution in [-0.4, -0.2) is 78.6 Å². The average Bonchev–Trinajstić information content (AvgIpc) is 2.73. The second kappa shape index (κ2) is 9.34. The molecule has 1 unspecified atom stereocenters. The van der Waals surface area contributed by atoms with Gasteiger partial charge in [0.1, 0.15) is 0 Å². The van der Waals surface area contributed by atoms with Crippen LogP contribution in [0.25, 0.3) is 0 Å². The van der Waals surface area contributed by atoms with Crippen molar-refractivity contribution in [1.82, 2.24) is 25.4 Å². The second-order valence-electron chi connectivity index (χ2n) is 7.77. The number of amides is 2. The molecule has 1 aromatic rings. The van der Waals surface area contributed by atoms with E-state index in [2.05, 4.69) is 34.4 Å². The third kappa shape index (κ3) is 4.80. The van der Waals surface area contributed by atoms with Crippen molar-refractivity contribution >= 4 is 12.0 Å². The van der Waals surface area contributed by atoms with Gasteiger partial charge in [-0.1, -0.05) is 0 Å². The lowest BCUT2D eigenvalue weighted by atomic mass is 9.87. The quantitative estimate of drug-likeness (QED) is 0.808. The molecule has 2 saturated heterocycles. The molecule has 0 spiro atoms. The Morgan fingerprint density at radius 1 is 1.25 bits per heavy atom. The summed E-state index contributed by atoms with van der Waals surface area (Å²) in [7, 11) is 1.56. The van der Waals surface area contributed by atoms with Gasteiger partial charge in [0.05, 0.1) is 11.6 Å². The van der Waals surface area contributed by atoms with Crippen LogP contribution in [-0.2, 0) is 0 Å². The molecule has 1 aromatic heterocycles. The van der Waals surface area contributed by atoms with E-state index in [0.29, 0.717) is 24.1 Å². The lowest BCUT2D eigenvalue weighted by Gasteiger charge is -2.46. The molecule has 2 fully saturated rings. The molecule has 154 valence electrons. The molecule has 2 amide bonds. The number of carbonyl (C=O) groups is 2. The number of ether oxygens (including phenoxy) is 1. The van der Waals surface area contributed by atoms with Gasteiger partial charge in [0.2, 0.25) is 5.88 Å². The standard InChI is InChI=1S/C20H31N5O3/c1-14(2)24-10-11-25(17(13-24)15-6-8-22-9-7-15)20(27)28-18-5-4-16(12-23-18)19(26)21-3/h4-5,12,14-15,17,22H,6-11,13H2,1-3H3,(H,21,26). The van der Waals surface area contributed by atoms with Gasteiger partial charge in [-0.25, -0.2) is 9.78 Å². The third-order valence-electron chi connectivity index (χ3n) is 5.76. The first-order valence-corrected chi connectivity index (χ1v) is 10.1. The maximum Gasteiger partial charge on any atom is 0.416 e. The van der Waals surface area contributed by atoms with E-state index in [0.717, 1.165) is 39.0 Å². The maximum absolute atomic E-state index is 12.9. The summed E-state index contributed by atoms with van der Waals surface area (Å²) >= 11 is 0. The Balaban J connectivity index is 1.69. The summed E-state index contributed by atoms with van der Waals surface area (Å²) < 4.78 is 5.55. The van der Waals surface area contributed by atoms with Crippen LogP contribution >= 0.6 is 0 Å². The van der Waals surface area contributed by atoms with Crippen molar-refractivity contribution in [2.75, 3.05) is 39.8 Å². The highest BCUT2D eigenvalue weighted by atomic mass is 16.6. The van der Waals surface area contributed by atoms with Crippen molar-refractivity contribution in [3.05, 3.63) is 23.9 Å². The lowest BCUT2D eigenvalue weighted by molar-refractivity contribution is 0.0268. The van der Waals surface area contributed by atoms with Gasteiger partial charge >= 0.3 is 6.09 Å². The van der Waals surface area contributed by atoms with E-state index >= 15 is 0 Å². The molecule has 2 N–H and O–H groups in total. The van der Waals surface area contributed by atoms with Gasteiger partial charge in [-0.05, 0) is 51.8 Å². The van der Waals surface area contributed by atoms with Crippen LogP contribution < -0.4 is 15.4 Å². The summed E-state index contributed by atoms with van der Waals surface area (Å²) in [6, 6.07) is 3.78. The van der Waals surface area contributed by atoms with Crippen molar-refractivity contribution in [3.63, 3.8) is 0 Å². The second-order valence-corrected chi connectivity index (χ2v) is 7.77. The van der Waals surface area contributed by atoms with Crippen molar-refractivity contribution < 1.29 is 14.3 Å². The molecule has 8 nitrogen and oxygen atoms in total. The fourth-order valence-corrected chi connectivity index (χ4v) is 4.03. The Hall–Kier alpha value is -2.19. The van der Waals surface area contributed by atoms with Gasteiger partial charge in [-0.2, -0.15) is 0 Å². The maximum atomic E-state index is 12.9. The van der Waals surface area contributed by atoms with E-state index in [1.807, 2.05) is 4.90 Å². The van der Waals surface area contributed by atoms with Gasteiger partial charge in [0.25, 0.3) is 5.91 Å². The van der Waals surface area contributed by atoms with Gasteiger partial charge in [0.15, 0.2) is 0 Å². The predicted molar refractivity (Wildman–Crippen MR) is 106 cm³/mol. The highest BCUT2D eigenvalue weighted by Crippen LogP contribution is 2.26. The predicted octanol–water partition coefficient (Wildman–Crippen LogP) is 1.33. The zero-order valence-corrected chi connectivity index (χ0v) is 17.0. The van der Waals surface area contributed by atoms with Crippen LogP contribution in [0.2, 0.25) is 0 Å². The molecule has 0 aromatic carbocycles. The highest BCUT2D eigenvalue weighted by molar-refractivity contribution is 5.93. The molecule has 1 atom stereocenters. The Morgan fingerprint density at radius 3 is 2.61 bits per heavy atom. The molecule has 2 aliphatic rings. The molecule has 0 aliphatic carbocycles. The summed E-state index contributed by atoms with van der Waals surface area (Å²) in [6.45, 7) is 8.76. The van der Waals surface area contributed by atoms with Crippen LogP contribution in [0, 0.1) is 5.92 Å². The molecule has 28 heavy (non-hydrogen) atoms. The fourth-order valence-electron chi connectivity index (χ4n) is 4.03. The van der Waals surface area contributed by atoms with Crippen LogP contribution in [0.1, 0.15) is 37.0 Å². The number of nitrogens with one attached hydrogen (secondary N) is 2. The first-order chi connectivity index (χ1) is 13.5. The van der Waals surface area contributed by atoms with Gasteiger partial charge in [0, 0.05) is 45.0 Å². The summed E-state index contributed by atoms with van der Waals surface area (Å²) in [5.74, 6) is 0.466. The Bertz CT molecular complexity index is 673. The summed E-state index contributed by atoms with van der Waals surface area (Å²) in [5.41, 5.74) is 0.431. The lowest BCUT2D eigenvalue weighted by Crippen LogP contribution is -2.60. The zero-order valence-electron chi connectivity index (χ0n) is 17.0. The monoisotopic (exact) mass is 389 g/mol. The first-order valence-electron chi connectivity index (χ1n) is 10.1. The number of nitrogens with zero attached hydrogens (tertiary/aromatic N) is 3. The van der Waals surface area contributed by atoms with E-state index in [4.69, 9.17) is 4.74 Å². The summed E-state index contributed by atoms with van der Waals surface area (Å²) in [5, 5.41) is 5.94. The molecule has 0 radical (unpaired) electrons. The normalized spacial score (nSPS) is 21.6. The minimum atomic E-state index is -0.355. The first kappa shape index (κ1) is 20.5. The number of piperidine rings is 1. The molecule has 3 rings (SSSR count). The molecule has 0 bridgehead atoms. The van der Waals surface area contributed by atoms with Crippen molar-refractivity contribution in [3.8, 4) is 5.88 Å². The number of hydrogen-bond donors (Lipinski definition) is 2. The molecule has 2 aliphatic heterocycles. The van der Waals surface area contributed by atoms with E-state index in [1.54, 1.807) is 19.2 Å². The van der Waals surface area contributed by atoms with E-state index in [-0.39, 0.29) is 23.9 Å². The molecule has 0 saturated carbocycles. The SMILES string of the molecule is CNC(=O)c1ccc(OC(=O)N2CCN(C(C)C)CC2C2CCNCC2)nc1. The minimum Gasteiger partial charge on any atom is -0.391 e. The van der Waals surface area contributed by atoms with Crippen LogP contribution in [0.4, 0.5) is 4.79 Å². The number of carbonyl (C=O) groups excluding carboxylic acids is 2. The Morgan fingerprint density at radius 2 is 2.00 bits per heavy atom. The highest BCUT2D eigenvalue weighted by Gasteiger charge is 2.37. The van der Waals surface area contributed by atoms with Gasteiger partial charge in [-0.15, -0.1) is 0 Å². The molecular weight excluding hydrogens is 358 g/mol. The number of hydrogen-bond acceptors (Lipinski definition) is 6. The van der Waals surface area contributed by atoms with Crippen LogP contribution in [0.15, 0.2) is 18.3 Å². The largest absolute Gasteiger partial charge is 0.416 e. The number of rotatable bonds is 4. The topological polar surface area (TPSA) is 86.8 Å². The molecule has 3 heterocycles. The number of pyridine rings is 1. The van der Waals surface area contributed by atoms with Gasteiger partial charge < -0.3 is 20.3 Å². The summed E-state index contributed by atoms with van der Waals surface area (Å²) in [6.07, 6.45) is 3.20. The summed E-state index contributed by atoms with van der Waals surface area (Å²) in [4.78, 5) is 33.0.